The van der Waals surface area contributed by atoms with Gasteiger partial charge in [-0.15, -0.1) is 0 Å². The van der Waals surface area contributed by atoms with Crippen molar-refractivity contribution < 1.29 is 10.3 Å². The lowest BCUT2D eigenvalue weighted by Crippen LogP contribution is -2.54. The van der Waals surface area contributed by atoms with Crippen molar-refractivity contribution in [2.45, 2.75) is 12.5 Å². The van der Waals surface area contributed by atoms with Crippen LogP contribution >= 0.6 is 0 Å². The van der Waals surface area contributed by atoms with Gasteiger partial charge in [0.15, 0.2) is 6.04 Å². The first-order valence-electron chi connectivity index (χ1n) is 6.02. The number of quaternary nitrogens is 1. The Morgan fingerprint density at radius 2 is 2.11 bits per heavy atom. The van der Waals surface area contributed by atoms with Crippen molar-refractivity contribution in [3.8, 4) is 11.4 Å². The molecule has 6 nitrogen and oxygen atoms in total. The molecule has 3 aromatic rings. The lowest BCUT2D eigenvalue weighted by atomic mass is 10.2. The number of H-pyrrole nitrogens is 1. The maximum Gasteiger partial charge on any atom is 0.285 e. The van der Waals surface area contributed by atoms with E-state index < -0.39 is 0 Å². The van der Waals surface area contributed by atoms with Gasteiger partial charge in [0.05, 0.1) is 12.7 Å². The number of rotatable bonds is 4. The minimum atomic E-state index is -0.0922. The molecule has 0 aliphatic rings. The third-order valence-corrected chi connectivity index (χ3v) is 2.84. The highest BCUT2D eigenvalue weighted by molar-refractivity contribution is 5.53. The monoisotopic (exact) mass is 256 g/mol. The van der Waals surface area contributed by atoms with E-state index >= 15 is 0 Å². The first-order valence-corrected chi connectivity index (χ1v) is 6.02. The number of benzene rings is 1. The summed E-state index contributed by atoms with van der Waals surface area (Å²) in [5.41, 5.74) is 5.98. The molecule has 1 atom stereocenters. The van der Waals surface area contributed by atoms with Crippen LogP contribution in [0.1, 0.15) is 17.6 Å². The average Bonchev–Trinajstić information content (AvgIpc) is 3.10. The summed E-state index contributed by atoms with van der Waals surface area (Å²) in [5.74, 6) is 1.13. The Labute approximate surface area is 109 Å². The summed E-state index contributed by atoms with van der Waals surface area (Å²) in [6, 6.07) is 9.64. The molecule has 2 aromatic heterocycles. The fraction of sp³-hybridized carbons (Fsp3) is 0.154. The third-order valence-electron chi connectivity index (χ3n) is 2.84. The van der Waals surface area contributed by atoms with Crippen LogP contribution in [0.3, 0.4) is 0 Å². The molecule has 0 unspecified atom stereocenters. The van der Waals surface area contributed by atoms with Gasteiger partial charge in [-0.05, 0) is 0 Å². The number of hydrogen-bond acceptors (Lipinski definition) is 4. The van der Waals surface area contributed by atoms with Crippen molar-refractivity contribution in [2.24, 2.45) is 0 Å². The van der Waals surface area contributed by atoms with Crippen LogP contribution in [0.5, 0.6) is 0 Å². The number of nitrogens with zero attached hydrogens (tertiary/aromatic N) is 3. The van der Waals surface area contributed by atoms with E-state index in [9.17, 15) is 0 Å². The predicted octanol–water partition coefficient (Wildman–Crippen LogP) is 0.985. The first kappa shape index (κ1) is 11.6. The second kappa shape index (κ2) is 5.03. The first-order chi connectivity index (χ1) is 9.33. The number of aromatic nitrogens is 4. The minimum absolute atomic E-state index is 0.0922. The van der Waals surface area contributed by atoms with Crippen LogP contribution in [0.2, 0.25) is 0 Å². The topological polar surface area (TPSA) is 95.2 Å². The van der Waals surface area contributed by atoms with Crippen LogP contribution < -0.4 is 5.73 Å². The molecule has 0 fully saturated rings. The highest BCUT2D eigenvalue weighted by Gasteiger charge is 2.19. The van der Waals surface area contributed by atoms with Gasteiger partial charge in [-0.3, -0.25) is 0 Å². The Hall–Kier alpha value is -2.47. The molecular weight excluding hydrogens is 242 g/mol. The fourth-order valence-electron chi connectivity index (χ4n) is 1.85. The van der Waals surface area contributed by atoms with Crippen LogP contribution in [0, 0.1) is 0 Å². The van der Waals surface area contributed by atoms with Gasteiger partial charge < -0.3 is 15.2 Å². The Kier molecular flexibility index (Phi) is 3.07. The molecule has 0 aliphatic carbocycles. The minimum Gasteiger partial charge on any atom is -0.348 e. The second-order valence-electron chi connectivity index (χ2n) is 4.30. The number of imidazole rings is 1. The molecule has 6 heteroatoms. The summed E-state index contributed by atoms with van der Waals surface area (Å²) >= 11 is 0. The lowest BCUT2D eigenvalue weighted by molar-refractivity contribution is -0.431. The molecule has 0 saturated heterocycles. The zero-order chi connectivity index (χ0) is 13.1. The summed E-state index contributed by atoms with van der Waals surface area (Å²) in [4.78, 5) is 11.4. The smallest absolute Gasteiger partial charge is 0.285 e. The van der Waals surface area contributed by atoms with E-state index in [0.29, 0.717) is 18.1 Å². The van der Waals surface area contributed by atoms with Gasteiger partial charge in [0.2, 0.25) is 5.82 Å². The van der Waals surface area contributed by atoms with Crippen LogP contribution in [-0.4, -0.2) is 20.1 Å². The van der Waals surface area contributed by atoms with E-state index in [1.807, 2.05) is 30.3 Å². The van der Waals surface area contributed by atoms with Gasteiger partial charge in [0.1, 0.15) is 0 Å². The van der Waals surface area contributed by atoms with Gasteiger partial charge in [0.25, 0.3) is 5.89 Å². The largest absolute Gasteiger partial charge is 0.348 e. The van der Waals surface area contributed by atoms with Crippen molar-refractivity contribution in [1.82, 2.24) is 20.1 Å². The Morgan fingerprint density at radius 1 is 1.26 bits per heavy atom. The maximum absolute atomic E-state index is 5.27. The molecule has 4 N–H and O–H groups in total. The summed E-state index contributed by atoms with van der Waals surface area (Å²) < 4.78 is 5.27. The summed E-state index contributed by atoms with van der Waals surface area (Å²) in [6.45, 7) is 0. The quantitative estimate of drug-likeness (QED) is 0.727. The van der Waals surface area contributed by atoms with Crippen LogP contribution in [0.15, 0.2) is 47.4 Å². The second-order valence-corrected chi connectivity index (χ2v) is 4.30. The molecule has 0 spiro atoms. The van der Waals surface area contributed by atoms with Crippen molar-refractivity contribution >= 4 is 0 Å². The highest BCUT2D eigenvalue weighted by Crippen LogP contribution is 2.18. The third kappa shape index (κ3) is 2.53. The van der Waals surface area contributed by atoms with Crippen molar-refractivity contribution in [1.29, 1.82) is 0 Å². The van der Waals surface area contributed by atoms with Crippen molar-refractivity contribution in [2.75, 3.05) is 0 Å². The van der Waals surface area contributed by atoms with Crippen LogP contribution in [0.4, 0.5) is 0 Å². The molecule has 2 heterocycles. The normalized spacial score (nSPS) is 12.5. The Bertz CT molecular complexity index is 632. The number of nitrogens with one attached hydrogen (secondary N) is 1. The van der Waals surface area contributed by atoms with Crippen molar-refractivity contribution in [3.05, 3.63) is 54.4 Å². The molecule has 96 valence electrons. The molecule has 0 radical (unpaired) electrons. The van der Waals surface area contributed by atoms with E-state index in [4.69, 9.17) is 4.52 Å². The van der Waals surface area contributed by atoms with Gasteiger partial charge in [-0.2, -0.15) is 4.98 Å². The molecule has 0 saturated carbocycles. The number of hydrogen-bond donors (Lipinski definition) is 2. The number of aromatic amines is 1. The predicted molar refractivity (Wildman–Crippen MR) is 67.7 cm³/mol. The molecule has 3 rings (SSSR count). The molecule has 0 aliphatic heterocycles. The molecule has 1 aromatic carbocycles. The molecule has 0 bridgehead atoms. The van der Waals surface area contributed by atoms with Gasteiger partial charge in [-0.25, -0.2) is 4.98 Å². The summed E-state index contributed by atoms with van der Waals surface area (Å²) in [7, 11) is 0. The standard InChI is InChI=1S/C13H13N5O/c14-11(6-10-7-15-8-16-10)13-17-12(18-19-13)9-4-2-1-3-5-9/h1-5,7-8,11H,6,14H2,(H,15,16)/p+1/t11-/m0/s1. The van der Waals surface area contributed by atoms with E-state index in [1.54, 1.807) is 12.5 Å². The van der Waals surface area contributed by atoms with E-state index in [-0.39, 0.29) is 6.04 Å². The van der Waals surface area contributed by atoms with Crippen LogP contribution in [0.25, 0.3) is 11.4 Å². The van der Waals surface area contributed by atoms with Gasteiger partial charge >= 0.3 is 0 Å². The zero-order valence-electron chi connectivity index (χ0n) is 10.3. The average molecular weight is 256 g/mol. The van der Waals surface area contributed by atoms with Gasteiger partial charge in [-0.1, -0.05) is 35.5 Å². The Balaban J connectivity index is 1.78. The molecule has 0 amide bonds. The fourth-order valence-corrected chi connectivity index (χ4v) is 1.85. The summed E-state index contributed by atoms with van der Waals surface area (Å²) in [6.07, 6.45) is 4.11. The molecule has 19 heavy (non-hydrogen) atoms. The lowest BCUT2D eigenvalue weighted by Gasteiger charge is -2.00. The maximum atomic E-state index is 5.27. The zero-order valence-corrected chi connectivity index (χ0v) is 10.3. The van der Waals surface area contributed by atoms with Crippen LogP contribution in [-0.2, 0) is 6.42 Å². The highest BCUT2D eigenvalue weighted by atomic mass is 16.5. The van der Waals surface area contributed by atoms with E-state index in [2.05, 4.69) is 25.8 Å². The molecular formula is C13H14N5O+. The van der Waals surface area contributed by atoms with Crippen molar-refractivity contribution in [3.63, 3.8) is 0 Å². The summed E-state index contributed by atoms with van der Waals surface area (Å²) in [5, 5.41) is 3.98. The Morgan fingerprint density at radius 3 is 2.84 bits per heavy atom. The van der Waals surface area contributed by atoms with E-state index in [0.717, 1.165) is 11.3 Å². The van der Waals surface area contributed by atoms with Gasteiger partial charge in [0, 0.05) is 17.5 Å². The SMILES string of the molecule is [NH3+][C@@H](Cc1cnc[nH]1)c1nc(-c2ccccc2)no1. The van der Waals surface area contributed by atoms with E-state index in [1.165, 1.54) is 0 Å².